The van der Waals surface area contributed by atoms with Gasteiger partial charge in [0.25, 0.3) is 0 Å². The van der Waals surface area contributed by atoms with E-state index in [-0.39, 0.29) is 0 Å². The fraction of sp³-hybridized carbons (Fsp3) is 0.625. The Morgan fingerprint density at radius 1 is 1.58 bits per heavy atom. The topological polar surface area (TPSA) is 38.0 Å². The molecule has 12 heavy (non-hydrogen) atoms. The summed E-state index contributed by atoms with van der Waals surface area (Å²) in [6.45, 7) is 3.87. The van der Waals surface area contributed by atoms with Gasteiger partial charge in [0.05, 0.1) is 11.8 Å². The van der Waals surface area contributed by atoms with Crippen molar-refractivity contribution < 1.29 is 5.11 Å². The number of alkyl halides is 1. The molecule has 1 atom stereocenters. The van der Waals surface area contributed by atoms with E-state index in [4.69, 9.17) is 0 Å². The maximum Gasteiger partial charge on any atom is 0.0922 e. The molecule has 0 radical (unpaired) electrons. The normalized spacial score (nSPS) is 13.4. The highest BCUT2D eigenvalue weighted by Gasteiger charge is 2.16. The molecule has 4 heteroatoms. The number of nitrogens with zero attached hydrogens (tertiary/aromatic N) is 2. The number of halogens is 1. The Bertz CT molecular complexity index is 283. The molecule has 0 amide bonds. The predicted octanol–water partition coefficient (Wildman–Crippen LogP) is 1.47. The lowest BCUT2D eigenvalue weighted by atomic mass is 10.1. The summed E-state index contributed by atoms with van der Waals surface area (Å²) >= 11 is 3.24. The van der Waals surface area contributed by atoms with Crippen molar-refractivity contribution in [2.45, 2.75) is 20.0 Å². The van der Waals surface area contributed by atoms with E-state index in [0.717, 1.165) is 17.0 Å². The van der Waals surface area contributed by atoms with Crippen LogP contribution < -0.4 is 0 Å². The van der Waals surface area contributed by atoms with E-state index in [1.165, 1.54) is 0 Å². The van der Waals surface area contributed by atoms with Gasteiger partial charge in [-0.1, -0.05) is 15.9 Å². The van der Waals surface area contributed by atoms with E-state index in [2.05, 4.69) is 21.0 Å². The average Bonchev–Trinajstić information content (AvgIpc) is 2.26. The summed E-state index contributed by atoms with van der Waals surface area (Å²) in [7, 11) is 1.88. The Balaban J connectivity index is 3.13. The molecule has 0 bridgehead atoms. The molecule has 1 N–H and O–H groups in total. The second-order valence-electron chi connectivity index (χ2n) is 2.88. The molecular weight excluding hydrogens is 220 g/mol. The van der Waals surface area contributed by atoms with Crippen LogP contribution in [-0.4, -0.2) is 20.2 Å². The molecular formula is C8H13BrN2O. The Morgan fingerprint density at radius 3 is 2.50 bits per heavy atom. The van der Waals surface area contributed by atoms with Crippen molar-refractivity contribution in [1.29, 1.82) is 0 Å². The standard InChI is InChI=1S/C8H13BrN2O/c1-5-8(7(12)4-9)6(2)11(3)10-5/h7,12H,4H2,1-3H3/t7-/m0/s1. The van der Waals surface area contributed by atoms with Crippen LogP contribution in [0.4, 0.5) is 0 Å². The SMILES string of the molecule is Cc1nn(C)c(C)c1[C@@H](O)CBr. The van der Waals surface area contributed by atoms with Gasteiger partial charge in [-0.15, -0.1) is 0 Å². The van der Waals surface area contributed by atoms with Crippen LogP contribution in [0.25, 0.3) is 0 Å². The zero-order valence-corrected chi connectivity index (χ0v) is 9.09. The first-order valence-corrected chi connectivity index (χ1v) is 4.94. The van der Waals surface area contributed by atoms with Gasteiger partial charge in [-0.3, -0.25) is 4.68 Å². The highest BCUT2D eigenvalue weighted by atomic mass is 79.9. The van der Waals surface area contributed by atoms with Gasteiger partial charge >= 0.3 is 0 Å². The molecule has 1 rings (SSSR count). The average molecular weight is 233 g/mol. The Hall–Kier alpha value is -0.350. The van der Waals surface area contributed by atoms with Gasteiger partial charge in [-0.25, -0.2) is 0 Å². The second kappa shape index (κ2) is 3.58. The first-order valence-electron chi connectivity index (χ1n) is 3.82. The molecule has 0 aliphatic carbocycles. The second-order valence-corrected chi connectivity index (χ2v) is 3.53. The summed E-state index contributed by atoms with van der Waals surface area (Å²) in [6, 6.07) is 0. The molecule has 68 valence electrons. The maximum atomic E-state index is 9.60. The van der Waals surface area contributed by atoms with Crippen LogP contribution in [0.15, 0.2) is 0 Å². The summed E-state index contributed by atoms with van der Waals surface area (Å²) in [5.41, 5.74) is 2.87. The summed E-state index contributed by atoms with van der Waals surface area (Å²) in [4.78, 5) is 0. The predicted molar refractivity (Wildman–Crippen MR) is 51.4 cm³/mol. The van der Waals surface area contributed by atoms with Gasteiger partial charge in [0, 0.05) is 23.6 Å². The van der Waals surface area contributed by atoms with E-state index < -0.39 is 6.10 Å². The van der Waals surface area contributed by atoms with E-state index >= 15 is 0 Å². The van der Waals surface area contributed by atoms with Gasteiger partial charge in [-0.05, 0) is 13.8 Å². The van der Waals surface area contributed by atoms with Crippen molar-refractivity contribution >= 4 is 15.9 Å². The third-order valence-corrected chi connectivity index (χ3v) is 2.66. The minimum absolute atomic E-state index is 0.446. The highest BCUT2D eigenvalue weighted by molar-refractivity contribution is 9.09. The van der Waals surface area contributed by atoms with Crippen LogP contribution in [0, 0.1) is 13.8 Å². The smallest absolute Gasteiger partial charge is 0.0922 e. The number of aryl methyl sites for hydroxylation is 2. The molecule has 0 fully saturated rings. The van der Waals surface area contributed by atoms with Gasteiger partial charge in [0.2, 0.25) is 0 Å². The zero-order valence-electron chi connectivity index (χ0n) is 7.50. The lowest BCUT2D eigenvalue weighted by Crippen LogP contribution is -2.01. The van der Waals surface area contributed by atoms with Gasteiger partial charge in [0.15, 0.2) is 0 Å². The quantitative estimate of drug-likeness (QED) is 0.785. The van der Waals surface area contributed by atoms with Gasteiger partial charge < -0.3 is 5.11 Å². The van der Waals surface area contributed by atoms with E-state index in [9.17, 15) is 5.11 Å². The van der Waals surface area contributed by atoms with Crippen molar-refractivity contribution in [1.82, 2.24) is 9.78 Å². The van der Waals surface area contributed by atoms with E-state index in [1.54, 1.807) is 4.68 Å². The highest BCUT2D eigenvalue weighted by Crippen LogP contribution is 2.21. The third-order valence-electron chi connectivity index (χ3n) is 2.04. The van der Waals surface area contributed by atoms with Crippen LogP contribution in [-0.2, 0) is 7.05 Å². The number of rotatable bonds is 2. The van der Waals surface area contributed by atoms with Crippen LogP contribution in [0.1, 0.15) is 23.1 Å². The third kappa shape index (κ3) is 1.54. The van der Waals surface area contributed by atoms with Crippen molar-refractivity contribution in [3.8, 4) is 0 Å². The lowest BCUT2D eigenvalue weighted by Gasteiger charge is -2.06. The molecule has 1 heterocycles. The van der Waals surface area contributed by atoms with E-state index in [1.807, 2.05) is 20.9 Å². The minimum Gasteiger partial charge on any atom is -0.387 e. The van der Waals surface area contributed by atoms with Crippen molar-refractivity contribution in [2.75, 3.05) is 5.33 Å². The molecule has 1 aromatic rings. The van der Waals surface area contributed by atoms with Gasteiger partial charge in [0.1, 0.15) is 0 Å². The zero-order chi connectivity index (χ0) is 9.30. The number of hydrogen-bond acceptors (Lipinski definition) is 2. The summed E-state index contributed by atoms with van der Waals surface area (Å²) in [5, 5.41) is 14.4. The summed E-state index contributed by atoms with van der Waals surface area (Å²) in [6.07, 6.45) is -0.446. The first-order chi connectivity index (χ1) is 5.57. The van der Waals surface area contributed by atoms with E-state index in [0.29, 0.717) is 5.33 Å². The lowest BCUT2D eigenvalue weighted by molar-refractivity contribution is 0.204. The fourth-order valence-corrected chi connectivity index (χ4v) is 1.67. The molecule has 1 aromatic heterocycles. The van der Waals surface area contributed by atoms with Gasteiger partial charge in [-0.2, -0.15) is 5.10 Å². The van der Waals surface area contributed by atoms with Crippen molar-refractivity contribution in [2.24, 2.45) is 7.05 Å². The van der Waals surface area contributed by atoms with Crippen molar-refractivity contribution in [3.63, 3.8) is 0 Å². The first kappa shape index (κ1) is 9.74. The fourth-order valence-electron chi connectivity index (χ4n) is 1.35. The molecule has 3 nitrogen and oxygen atoms in total. The molecule has 0 aliphatic heterocycles. The van der Waals surface area contributed by atoms with Crippen molar-refractivity contribution in [3.05, 3.63) is 17.0 Å². The molecule has 0 saturated carbocycles. The summed E-state index contributed by atoms with van der Waals surface area (Å²) < 4.78 is 1.79. The Morgan fingerprint density at radius 2 is 2.17 bits per heavy atom. The maximum absolute atomic E-state index is 9.60. The van der Waals surface area contributed by atoms with Crippen LogP contribution >= 0.6 is 15.9 Å². The molecule has 0 aliphatic rings. The van der Waals surface area contributed by atoms with Crippen LogP contribution in [0.5, 0.6) is 0 Å². The van der Waals surface area contributed by atoms with Crippen LogP contribution in [0.3, 0.4) is 0 Å². The minimum atomic E-state index is -0.446. The largest absolute Gasteiger partial charge is 0.387 e. The Labute approximate surface area is 80.5 Å². The molecule has 0 unspecified atom stereocenters. The number of aliphatic hydroxyl groups is 1. The van der Waals surface area contributed by atoms with Crippen LogP contribution in [0.2, 0.25) is 0 Å². The number of aromatic nitrogens is 2. The number of aliphatic hydroxyl groups excluding tert-OH is 1. The monoisotopic (exact) mass is 232 g/mol. The Kier molecular flexibility index (Phi) is 2.90. The molecule has 0 aromatic carbocycles. The summed E-state index contributed by atoms with van der Waals surface area (Å²) in [5.74, 6) is 0. The number of hydrogen-bond donors (Lipinski definition) is 1. The molecule has 0 saturated heterocycles. The molecule has 0 spiro atoms.